The van der Waals surface area contributed by atoms with Gasteiger partial charge in [0.1, 0.15) is 0 Å². The van der Waals surface area contributed by atoms with Gasteiger partial charge in [-0.25, -0.2) is 13.1 Å². The SMILES string of the molecule is CCCCCCCCCCCCOP(=O)(OCCO)OP(=O)(OCC)O[SH](c1ccccc1)c1ccccc1. The molecule has 39 heavy (non-hydrogen) atoms. The van der Waals surface area contributed by atoms with Gasteiger partial charge in [-0.1, -0.05) is 112 Å². The molecule has 0 spiro atoms. The highest BCUT2D eigenvalue weighted by molar-refractivity contribution is 8.15. The lowest BCUT2D eigenvalue weighted by Gasteiger charge is -2.28. The summed E-state index contributed by atoms with van der Waals surface area (Å²) in [5.41, 5.74) is 0. The number of aliphatic hydroxyl groups excluding tert-OH is 1. The highest BCUT2D eigenvalue weighted by atomic mass is 32.2. The molecule has 0 amide bonds. The van der Waals surface area contributed by atoms with Gasteiger partial charge in [-0.2, -0.15) is 4.31 Å². The van der Waals surface area contributed by atoms with Crippen LogP contribution in [-0.2, 0) is 31.0 Å². The van der Waals surface area contributed by atoms with Crippen LogP contribution in [0.2, 0.25) is 0 Å². The van der Waals surface area contributed by atoms with Crippen molar-refractivity contribution in [2.24, 2.45) is 0 Å². The van der Waals surface area contributed by atoms with Gasteiger partial charge in [0.25, 0.3) is 0 Å². The highest BCUT2D eigenvalue weighted by Crippen LogP contribution is 2.70. The Labute approximate surface area is 237 Å². The van der Waals surface area contributed by atoms with E-state index in [9.17, 15) is 14.2 Å². The van der Waals surface area contributed by atoms with Gasteiger partial charge in [0.05, 0.1) is 26.4 Å². The first kappa shape index (κ1) is 34.2. The van der Waals surface area contributed by atoms with E-state index in [0.717, 1.165) is 29.1 Å². The first-order chi connectivity index (χ1) is 19.0. The molecule has 0 aromatic heterocycles. The molecule has 0 bridgehead atoms. The van der Waals surface area contributed by atoms with Crippen LogP contribution < -0.4 is 0 Å². The van der Waals surface area contributed by atoms with E-state index in [1.807, 2.05) is 60.7 Å². The van der Waals surface area contributed by atoms with E-state index in [0.29, 0.717) is 6.42 Å². The summed E-state index contributed by atoms with van der Waals surface area (Å²) in [6, 6.07) is 18.6. The summed E-state index contributed by atoms with van der Waals surface area (Å²) in [4.78, 5) is 1.55. The van der Waals surface area contributed by atoms with E-state index in [1.165, 1.54) is 38.5 Å². The molecule has 0 heterocycles. The standard InChI is InChI=1S/C28H46O8P2S/c1-3-5-6-7-8-9-10-11-12-19-25-33-37(30,34-26-24-29)35-38(31,32-4-2)36-39(27-20-15-13-16-21-27)28-22-17-14-18-23-28/h13-18,20-23,29,39H,3-12,19,24-26H2,1-2H3. The molecule has 0 radical (unpaired) electrons. The number of hydrogen-bond acceptors (Lipinski definition) is 8. The molecular formula is C28H46O8P2S. The Kier molecular flexibility index (Phi) is 17.5. The fourth-order valence-corrected chi connectivity index (χ4v) is 9.72. The van der Waals surface area contributed by atoms with Gasteiger partial charge in [-0.05, 0) is 37.6 Å². The summed E-state index contributed by atoms with van der Waals surface area (Å²) in [6.07, 6.45) is 11.4. The van der Waals surface area contributed by atoms with Crippen molar-refractivity contribution in [3.05, 3.63) is 60.7 Å². The smallest absolute Gasteiger partial charge is 0.394 e. The summed E-state index contributed by atoms with van der Waals surface area (Å²) in [6.45, 7) is 3.22. The average molecular weight is 605 g/mol. The zero-order chi connectivity index (χ0) is 28.2. The molecule has 0 aliphatic carbocycles. The van der Waals surface area contributed by atoms with Crippen LogP contribution in [0.25, 0.3) is 0 Å². The Morgan fingerprint density at radius 1 is 0.641 bits per heavy atom. The molecule has 8 nitrogen and oxygen atoms in total. The van der Waals surface area contributed by atoms with Crippen molar-refractivity contribution in [2.45, 2.75) is 87.8 Å². The van der Waals surface area contributed by atoms with Crippen molar-refractivity contribution >= 4 is 26.8 Å². The van der Waals surface area contributed by atoms with Crippen LogP contribution in [0.4, 0.5) is 0 Å². The van der Waals surface area contributed by atoms with E-state index >= 15 is 0 Å². The summed E-state index contributed by atoms with van der Waals surface area (Å²) < 4.78 is 54.9. The molecule has 0 saturated heterocycles. The molecule has 11 heteroatoms. The average Bonchev–Trinajstić information content (AvgIpc) is 2.95. The molecule has 222 valence electrons. The largest absolute Gasteiger partial charge is 0.493 e. The van der Waals surface area contributed by atoms with Crippen molar-refractivity contribution in [2.75, 3.05) is 26.4 Å². The summed E-state index contributed by atoms with van der Waals surface area (Å²) in [5.74, 6) is 0. The number of phosphoric ester groups is 1. The maximum absolute atomic E-state index is 13.8. The Bertz CT molecular complexity index is 941. The van der Waals surface area contributed by atoms with Crippen molar-refractivity contribution in [1.29, 1.82) is 0 Å². The third-order valence-electron chi connectivity index (χ3n) is 5.74. The second kappa shape index (κ2) is 20.0. The van der Waals surface area contributed by atoms with E-state index < -0.39 is 33.4 Å². The highest BCUT2D eigenvalue weighted by Gasteiger charge is 2.42. The molecule has 2 rings (SSSR count). The predicted octanol–water partition coefficient (Wildman–Crippen LogP) is 9.25. The number of thiol groups is 1. The molecule has 2 atom stereocenters. The van der Waals surface area contributed by atoms with Crippen molar-refractivity contribution < 1.29 is 36.1 Å². The van der Waals surface area contributed by atoms with Gasteiger partial charge in [-0.3, -0.25) is 13.6 Å². The quantitative estimate of drug-likeness (QED) is 0.0735. The fourth-order valence-electron chi connectivity index (χ4n) is 3.82. The monoisotopic (exact) mass is 604 g/mol. The third kappa shape index (κ3) is 14.0. The molecule has 0 fully saturated rings. The number of rotatable bonds is 23. The minimum atomic E-state index is -4.42. The number of hydrogen-bond donors (Lipinski definition) is 2. The van der Waals surface area contributed by atoms with Crippen LogP contribution in [-0.4, -0.2) is 31.5 Å². The molecular weight excluding hydrogens is 558 g/mol. The summed E-state index contributed by atoms with van der Waals surface area (Å²) in [7, 11) is -8.78. The van der Waals surface area contributed by atoms with E-state index in [-0.39, 0.29) is 19.8 Å². The maximum Gasteiger partial charge on any atom is 0.493 e. The van der Waals surface area contributed by atoms with Gasteiger partial charge < -0.3 is 5.11 Å². The van der Waals surface area contributed by atoms with Gasteiger partial charge >= 0.3 is 15.6 Å². The van der Waals surface area contributed by atoms with Crippen LogP contribution in [0.1, 0.15) is 78.1 Å². The lowest BCUT2D eigenvalue weighted by Crippen LogP contribution is -2.07. The van der Waals surface area contributed by atoms with Crippen LogP contribution in [0, 0.1) is 0 Å². The van der Waals surface area contributed by atoms with Crippen LogP contribution >= 0.6 is 26.8 Å². The second-order valence-electron chi connectivity index (χ2n) is 9.01. The van der Waals surface area contributed by atoms with E-state index in [2.05, 4.69) is 6.92 Å². The van der Waals surface area contributed by atoms with Crippen LogP contribution in [0.5, 0.6) is 0 Å². The first-order valence-corrected chi connectivity index (χ1v) is 18.2. The van der Waals surface area contributed by atoms with Crippen LogP contribution in [0.15, 0.2) is 70.5 Å². The Morgan fingerprint density at radius 2 is 1.13 bits per heavy atom. The molecule has 2 aromatic carbocycles. The minimum absolute atomic E-state index is 0.0114. The van der Waals surface area contributed by atoms with Crippen LogP contribution in [0.3, 0.4) is 0 Å². The van der Waals surface area contributed by atoms with Gasteiger partial charge in [-0.15, -0.1) is 0 Å². The van der Waals surface area contributed by atoms with Crippen molar-refractivity contribution in [3.8, 4) is 0 Å². The second-order valence-corrected chi connectivity index (χ2v) is 14.5. The first-order valence-electron chi connectivity index (χ1n) is 14.0. The number of phosphoric acid groups is 2. The Balaban J connectivity index is 2.01. The minimum Gasteiger partial charge on any atom is -0.394 e. The zero-order valence-corrected chi connectivity index (χ0v) is 26.0. The Morgan fingerprint density at radius 3 is 1.62 bits per heavy atom. The Hall–Kier alpha value is -0.990. The predicted molar refractivity (Wildman–Crippen MR) is 158 cm³/mol. The van der Waals surface area contributed by atoms with Gasteiger partial charge in [0.15, 0.2) is 0 Å². The molecule has 2 unspecified atom stereocenters. The lowest BCUT2D eigenvalue weighted by molar-refractivity contribution is 0.112. The van der Waals surface area contributed by atoms with Gasteiger partial charge in [0, 0.05) is 9.79 Å². The van der Waals surface area contributed by atoms with Crippen molar-refractivity contribution in [3.63, 3.8) is 0 Å². The number of benzene rings is 2. The maximum atomic E-state index is 13.8. The topological polar surface area (TPSA) is 101 Å². The van der Waals surface area contributed by atoms with E-state index in [4.69, 9.17) is 21.9 Å². The molecule has 0 aliphatic heterocycles. The molecule has 1 N–H and O–H groups in total. The van der Waals surface area contributed by atoms with Crippen molar-refractivity contribution in [1.82, 2.24) is 0 Å². The van der Waals surface area contributed by atoms with Gasteiger partial charge in [0.2, 0.25) is 0 Å². The third-order valence-corrected chi connectivity index (χ3v) is 11.9. The fraction of sp³-hybridized carbons (Fsp3) is 0.571. The zero-order valence-electron chi connectivity index (χ0n) is 23.3. The molecule has 0 aliphatic rings. The number of aliphatic hydroxyl groups is 1. The number of unbranched alkanes of at least 4 members (excludes halogenated alkanes) is 9. The lowest BCUT2D eigenvalue weighted by atomic mass is 10.1. The molecule has 2 aromatic rings. The van der Waals surface area contributed by atoms with E-state index in [1.54, 1.807) is 6.92 Å². The normalized spacial score (nSPS) is 15.0. The molecule has 0 saturated carbocycles. The summed E-state index contributed by atoms with van der Waals surface area (Å²) >= 11 is -1.64. The summed E-state index contributed by atoms with van der Waals surface area (Å²) in [5, 5.41) is 9.25.